The van der Waals surface area contributed by atoms with Gasteiger partial charge in [-0.2, -0.15) is 13.9 Å². The van der Waals surface area contributed by atoms with Crippen molar-refractivity contribution in [2.45, 2.75) is 64.2 Å². The zero-order chi connectivity index (χ0) is 20.9. The zero-order valence-corrected chi connectivity index (χ0v) is 17.7. The number of nitrogens with zero attached hydrogens (tertiary/aromatic N) is 2. The van der Waals surface area contributed by atoms with E-state index in [9.17, 15) is 0 Å². The van der Waals surface area contributed by atoms with Gasteiger partial charge in [0.05, 0.1) is 5.69 Å². The summed E-state index contributed by atoms with van der Waals surface area (Å²) < 4.78 is 32.5. The molecule has 156 valence electrons. The number of hydrogen-bond acceptors (Lipinski definition) is 1. The summed E-state index contributed by atoms with van der Waals surface area (Å²) in [6.07, 6.45) is 8.91. The Morgan fingerprint density at radius 3 is 2.60 bits per heavy atom. The molecular formula is C26H28F2N2. The largest absolute Gasteiger partial charge is 0.299 e. The first-order valence-corrected chi connectivity index (χ1v) is 11.2. The molecule has 3 aromatic rings. The molecule has 1 aromatic heterocycles. The molecule has 1 fully saturated rings. The number of fused-ring (bicyclic) bond motifs is 3. The summed E-state index contributed by atoms with van der Waals surface area (Å²) in [6.45, 7) is 4.17. The quantitative estimate of drug-likeness (QED) is 0.437. The highest BCUT2D eigenvalue weighted by Gasteiger charge is 2.44. The van der Waals surface area contributed by atoms with E-state index >= 15 is 8.78 Å². The topological polar surface area (TPSA) is 17.8 Å². The third-order valence-corrected chi connectivity index (χ3v) is 7.13. The van der Waals surface area contributed by atoms with Gasteiger partial charge in [0.15, 0.2) is 0 Å². The third kappa shape index (κ3) is 3.08. The lowest BCUT2D eigenvalue weighted by Gasteiger charge is -2.15. The van der Waals surface area contributed by atoms with E-state index < -0.39 is 5.92 Å². The minimum atomic E-state index is -2.95. The minimum absolute atomic E-state index is 0.104. The predicted octanol–water partition coefficient (Wildman–Crippen LogP) is 7.24. The predicted molar refractivity (Wildman–Crippen MR) is 116 cm³/mol. The highest BCUT2D eigenvalue weighted by Crippen LogP contribution is 2.52. The molecule has 1 atom stereocenters. The van der Waals surface area contributed by atoms with Crippen LogP contribution in [-0.4, -0.2) is 9.78 Å². The number of benzene rings is 2. The van der Waals surface area contributed by atoms with Gasteiger partial charge in [-0.05, 0) is 71.7 Å². The van der Waals surface area contributed by atoms with Crippen molar-refractivity contribution in [1.82, 2.24) is 9.78 Å². The minimum Gasteiger partial charge on any atom is -0.238 e. The Morgan fingerprint density at radius 2 is 1.83 bits per heavy atom. The monoisotopic (exact) mass is 406 g/mol. The van der Waals surface area contributed by atoms with Gasteiger partial charge in [0.2, 0.25) is 0 Å². The Bertz CT molecular complexity index is 1080. The number of aromatic nitrogens is 2. The molecule has 0 radical (unpaired) electrons. The molecule has 0 N–H and O–H groups in total. The Kier molecular flexibility index (Phi) is 4.76. The maximum atomic E-state index is 15.3. The molecule has 0 saturated heterocycles. The van der Waals surface area contributed by atoms with E-state index in [1.807, 2.05) is 29.1 Å². The molecule has 0 spiro atoms. The molecular weight excluding hydrogens is 378 g/mol. The molecule has 2 aliphatic rings. The second-order valence-electron chi connectivity index (χ2n) is 9.01. The van der Waals surface area contributed by atoms with Gasteiger partial charge in [0.1, 0.15) is 0 Å². The van der Waals surface area contributed by atoms with Crippen LogP contribution in [0.15, 0.2) is 48.7 Å². The molecule has 4 heteroatoms. The van der Waals surface area contributed by atoms with Crippen molar-refractivity contribution >= 4 is 0 Å². The van der Waals surface area contributed by atoms with Crippen LogP contribution in [0.1, 0.15) is 74.3 Å². The summed E-state index contributed by atoms with van der Waals surface area (Å²) >= 11 is 0. The molecule has 1 unspecified atom stereocenters. The zero-order valence-electron chi connectivity index (χ0n) is 17.7. The van der Waals surface area contributed by atoms with Crippen LogP contribution in [0.5, 0.6) is 0 Å². The van der Waals surface area contributed by atoms with E-state index in [0.29, 0.717) is 17.0 Å². The molecule has 1 heterocycles. The first-order valence-electron chi connectivity index (χ1n) is 11.2. The van der Waals surface area contributed by atoms with Crippen LogP contribution in [-0.2, 0) is 12.3 Å². The fourth-order valence-electron chi connectivity index (χ4n) is 5.13. The average Bonchev–Trinajstić information content (AvgIpc) is 3.48. The molecule has 0 aliphatic heterocycles. The first kappa shape index (κ1) is 19.5. The third-order valence-electron chi connectivity index (χ3n) is 7.13. The molecule has 5 rings (SSSR count). The van der Waals surface area contributed by atoms with E-state index in [-0.39, 0.29) is 17.0 Å². The van der Waals surface area contributed by atoms with E-state index in [2.05, 4.69) is 25.0 Å². The normalized spacial score (nSPS) is 18.4. The maximum Gasteiger partial charge on any atom is 0.299 e. The summed E-state index contributed by atoms with van der Waals surface area (Å²) in [5.41, 5.74) is 4.53. The molecule has 2 nitrogen and oxygen atoms in total. The van der Waals surface area contributed by atoms with Crippen molar-refractivity contribution in [2.75, 3.05) is 0 Å². The van der Waals surface area contributed by atoms with Gasteiger partial charge in [-0.25, -0.2) is 4.68 Å². The van der Waals surface area contributed by atoms with Crippen LogP contribution >= 0.6 is 0 Å². The summed E-state index contributed by atoms with van der Waals surface area (Å²) in [5, 5.41) is 4.52. The molecule has 30 heavy (non-hydrogen) atoms. The fraction of sp³-hybridized carbons (Fsp3) is 0.423. The van der Waals surface area contributed by atoms with Crippen molar-refractivity contribution in [3.63, 3.8) is 0 Å². The summed E-state index contributed by atoms with van der Waals surface area (Å²) in [6, 6.07) is 12.9. The van der Waals surface area contributed by atoms with Crippen LogP contribution in [0.4, 0.5) is 8.78 Å². The molecule has 0 bridgehead atoms. The van der Waals surface area contributed by atoms with Crippen LogP contribution in [0, 0.1) is 5.92 Å². The maximum absolute atomic E-state index is 15.3. The molecule has 1 saturated carbocycles. The number of halogens is 2. The van der Waals surface area contributed by atoms with Gasteiger partial charge in [-0.15, -0.1) is 0 Å². The van der Waals surface area contributed by atoms with Crippen molar-refractivity contribution in [1.29, 1.82) is 0 Å². The number of alkyl halides is 2. The summed E-state index contributed by atoms with van der Waals surface area (Å²) in [7, 11) is 0. The van der Waals surface area contributed by atoms with Crippen molar-refractivity contribution in [2.24, 2.45) is 5.92 Å². The highest BCUT2D eigenvalue weighted by atomic mass is 19.3. The average molecular weight is 407 g/mol. The second-order valence-corrected chi connectivity index (χ2v) is 9.01. The number of rotatable bonds is 5. The lowest BCUT2D eigenvalue weighted by molar-refractivity contribution is 0.0479. The van der Waals surface area contributed by atoms with Crippen LogP contribution in [0.3, 0.4) is 0 Å². The summed E-state index contributed by atoms with van der Waals surface area (Å²) in [4.78, 5) is 0. The molecule has 0 amide bonds. The van der Waals surface area contributed by atoms with Gasteiger partial charge >= 0.3 is 0 Å². The highest BCUT2D eigenvalue weighted by molar-refractivity contribution is 5.81. The van der Waals surface area contributed by atoms with Crippen LogP contribution in [0.25, 0.3) is 16.8 Å². The van der Waals surface area contributed by atoms with E-state index in [1.54, 1.807) is 18.2 Å². The fourth-order valence-corrected chi connectivity index (χ4v) is 5.13. The van der Waals surface area contributed by atoms with Gasteiger partial charge in [0, 0.05) is 23.0 Å². The standard InChI is InChI=1S/C26H28F2N2/c1-3-17(2)19-8-10-22-23-16-20(9-11-24(23)26(27,28)25(22)15-19)30-21(12-13-29-30)14-18-6-4-5-7-18/h8-13,15-18H,3-7,14H2,1-2H3. The van der Waals surface area contributed by atoms with Crippen LogP contribution in [0.2, 0.25) is 0 Å². The van der Waals surface area contributed by atoms with Crippen LogP contribution < -0.4 is 0 Å². The SMILES string of the molecule is CCC(C)c1ccc2c(c1)C(F)(F)c1ccc(-n3nccc3CC3CCCC3)cc1-2. The van der Waals surface area contributed by atoms with Crippen molar-refractivity contribution < 1.29 is 8.78 Å². The summed E-state index contributed by atoms with van der Waals surface area (Å²) in [5.74, 6) is -1.98. The van der Waals surface area contributed by atoms with Gasteiger partial charge in [-0.3, -0.25) is 0 Å². The first-order chi connectivity index (χ1) is 14.5. The van der Waals surface area contributed by atoms with Crippen molar-refractivity contribution in [3.05, 3.63) is 71.0 Å². The second kappa shape index (κ2) is 7.33. The molecule has 2 aromatic carbocycles. The van der Waals surface area contributed by atoms with E-state index in [4.69, 9.17) is 0 Å². The Labute approximate surface area is 176 Å². The van der Waals surface area contributed by atoms with Crippen molar-refractivity contribution in [3.8, 4) is 16.8 Å². The molecule has 2 aliphatic carbocycles. The van der Waals surface area contributed by atoms with E-state index in [0.717, 1.165) is 24.1 Å². The lowest BCUT2D eigenvalue weighted by atomic mass is 9.94. The van der Waals surface area contributed by atoms with E-state index in [1.165, 1.54) is 31.4 Å². The Hall–Kier alpha value is -2.49. The van der Waals surface area contributed by atoms with Gasteiger partial charge < -0.3 is 0 Å². The van der Waals surface area contributed by atoms with Gasteiger partial charge in [0.25, 0.3) is 5.92 Å². The Balaban J connectivity index is 1.55. The van der Waals surface area contributed by atoms with Gasteiger partial charge in [-0.1, -0.05) is 51.7 Å². The smallest absolute Gasteiger partial charge is 0.238 e. The Morgan fingerprint density at radius 1 is 1.03 bits per heavy atom. The lowest BCUT2D eigenvalue weighted by Crippen LogP contribution is -2.12. The number of hydrogen-bond donors (Lipinski definition) is 0.